The van der Waals surface area contributed by atoms with Gasteiger partial charge in [0.05, 0.1) is 17.6 Å². The van der Waals surface area contributed by atoms with Crippen molar-refractivity contribution in [3.05, 3.63) is 72.5 Å². The molecule has 0 saturated heterocycles. The van der Waals surface area contributed by atoms with Crippen LogP contribution in [-0.2, 0) is 20.5 Å². The van der Waals surface area contributed by atoms with E-state index in [1.54, 1.807) is 29.3 Å². The van der Waals surface area contributed by atoms with Crippen LogP contribution in [0.4, 0.5) is 5.69 Å². The molecule has 0 saturated carbocycles. The van der Waals surface area contributed by atoms with Gasteiger partial charge >= 0.3 is 0 Å². The summed E-state index contributed by atoms with van der Waals surface area (Å²) in [6, 6.07) is 11.8. The number of Topliss-reactive ketones (excluding diaryl/α,β-unsaturated/α-hetero) is 1. The van der Waals surface area contributed by atoms with E-state index >= 15 is 0 Å². The predicted molar refractivity (Wildman–Crippen MR) is 104 cm³/mol. The minimum Gasteiger partial charge on any atom is -0.443 e. The number of carbonyl (C=O) groups is 1. The van der Waals surface area contributed by atoms with Gasteiger partial charge in [0.25, 0.3) is 0 Å². The minimum absolute atomic E-state index is 0.0489. The molecule has 6 nitrogen and oxygen atoms in total. The second-order valence-corrected chi connectivity index (χ2v) is 6.63. The van der Waals surface area contributed by atoms with E-state index in [9.17, 15) is 4.79 Å². The van der Waals surface area contributed by atoms with E-state index in [0.717, 1.165) is 22.4 Å². The zero-order valence-electron chi connectivity index (χ0n) is 15.2. The number of ketones is 1. The molecule has 0 amide bonds. The summed E-state index contributed by atoms with van der Waals surface area (Å²) in [5, 5.41) is 0. The Labute approximate surface area is 156 Å². The van der Waals surface area contributed by atoms with Gasteiger partial charge in [-0.05, 0) is 23.3 Å². The third-order valence-electron chi connectivity index (χ3n) is 4.62. The summed E-state index contributed by atoms with van der Waals surface area (Å²) in [5.41, 5.74) is 11.0. The molecule has 0 aliphatic carbocycles. The number of benzene rings is 1. The average Bonchev–Trinajstić information content (AvgIpc) is 3.36. The first-order chi connectivity index (χ1) is 13.0. The summed E-state index contributed by atoms with van der Waals surface area (Å²) >= 11 is 0. The number of oxazole rings is 1. The minimum atomic E-state index is 0.0489. The highest BCUT2D eigenvalue weighted by molar-refractivity contribution is 5.97. The van der Waals surface area contributed by atoms with Crippen molar-refractivity contribution < 1.29 is 9.21 Å². The van der Waals surface area contributed by atoms with Gasteiger partial charge in [0.2, 0.25) is 5.89 Å². The van der Waals surface area contributed by atoms with E-state index in [0.29, 0.717) is 23.7 Å². The highest BCUT2D eigenvalue weighted by Crippen LogP contribution is 2.27. The molecule has 0 aliphatic rings. The molecule has 136 valence electrons. The summed E-state index contributed by atoms with van der Waals surface area (Å²) in [6.45, 7) is 0. The normalized spacial score (nSPS) is 11.0. The Balaban J connectivity index is 1.53. The molecular weight excluding hydrogens is 340 g/mol. The Morgan fingerprint density at radius 2 is 1.85 bits per heavy atom. The monoisotopic (exact) mass is 360 g/mol. The number of aryl methyl sites for hydroxylation is 2. The van der Waals surface area contributed by atoms with Crippen LogP contribution in [0.25, 0.3) is 22.7 Å². The molecular formula is C21H20N4O2. The topological polar surface area (TPSA) is 79.0 Å². The maximum absolute atomic E-state index is 12.5. The molecule has 1 aromatic carbocycles. The molecule has 3 aromatic heterocycles. The number of nitrogens with two attached hydrogens (primary N) is 1. The molecule has 0 aliphatic heterocycles. The van der Waals surface area contributed by atoms with Gasteiger partial charge < -0.3 is 19.3 Å². The van der Waals surface area contributed by atoms with Crippen molar-refractivity contribution in [1.29, 1.82) is 0 Å². The van der Waals surface area contributed by atoms with Crippen molar-refractivity contribution >= 4 is 11.5 Å². The molecule has 6 heteroatoms. The maximum Gasteiger partial charge on any atom is 0.242 e. The molecule has 3 heterocycles. The van der Waals surface area contributed by atoms with Crippen LogP contribution < -0.4 is 5.73 Å². The molecule has 0 fully saturated rings. The van der Waals surface area contributed by atoms with Gasteiger partial charge in [-0.2, -0.15) is 0 Å². The van der Waals surface area contributed by atoms with E-state index < -0.39 is 0 Å². The molecule has 27 heavy (non-hydrogen) atoms. The highest BCUT2D eigenvalue weighted by Gasteiger charge is 2.13. The molecule has 0 radical (unpaired) electrons. The second kappa shape index (κ2) is 6.64. The number of rotatable bonds is 5. The Morgan fingerprint density at radius 1 is 1.07 bits per heavy atom. The van der Waals surface area contributed by atoms with Crippen LogP contribution in [0.1, 0.15) is 16.1 Å². The van der Waals surface area contributed by atoms with Crippen molar-refractivity contribution in [1.82, 2.24) is 14.1 Å². The Morgan fingerprint density at radius 3 is 2.48 bits per heavy atom. The summed E-state index contributed by atoms with van der Waals surface area (Å²) in [7, 11) is 3.79. The van der Waals surface area contributed by atoms with Gasteiger partial charge in [-0.15, -0.1) is 0 Å². The van der Waals surface area contributed by atoms with E-state index in [2.05, 4.69) is 4.98 Å². The SMILES string of the molecule is Cn1cc(N)cc1C(=O)Cc1ccc(-c2cc(-c3ncco3)n(C)c2)cc1. The van der Waals surface area contributed by atoms with Crippen LogP contribution >= 0.6 is 0 Å². The van der Waals surface area contributed by atoms with Gasteiger partial charge in [0.15, 0.2) is 5.78 Å². The number of hydrogen-bond donors (Lipinski definition) is 1. The lowest BCUT2D eigenvalue weighted by Crippen LogP contribution is -2.08. The molecule has 2 N–H and O–H groups in total. The van der Waals surface area contributed by atoms with E-state index in [1.807, 2.05) is 55.2 Å². The standard InChI is InChI=1S/C21H20N4O2/c1-24-12-16(10-19(24)21-23-7-8-27-21)15-5-3-14(4-6-15)9-20(26)18-11-17(22)13-25(18)2/h3-8,10-13H,9,22H2,1-2H3. The highest BCUT2D eigenvalue weighted by atomic mass is 16.3. The molecule has 4 aromatic rings. The van der Waals surface area contributed by atoms with Crippen molar-refractivity contribution in [2.45, 2.75) is 6.42 Å². The average molecular weight is 360 g/mol. The maximum atomic E-state index is 12.5. The number of hydrogen-bond acceptors (Lipinski definition) is 4. The lowest BCUT2D eigenvalue weighted by atomic mass is 10.0. The molecule has 0 bridgehead atoms. The Hall–Kier alpha value is -3.54. The van der Waals surface area contributed by atoms with Crippen molar-refractivity contribution in [2.75, 3.05) is 5.73 Å². The van der Waals surface area contributed by atoms with Crippen LogP contribution in [0.2, 0.25) is 0 Å². The van der Waals surface area contributed by atoms with E-state index in [4.69, 9.17) is 10.2 Å². The van der Waals surface area contributed by atoms with Gasteiger partial charge in [-0.3, -0.25) is 4.79 Å². The fraction of sp³-hybridized carbons (Fsp3) is 0.143. The van der Waals surface area contributed by atoms with E-state index in [1.165, 1.54) is 0 Å². The number of aromatic nitrogens is 3. The Bertz CT molecular complexity index is 1090. The van der Waals surface area contributed by atoms with Gasteiger partial charge in [-0.25, -0.2) is 4.98 Å². The first-order valence-corrected chi connectivity index (χ1v) is 8.62. The van der Waals surface area contributed by atoms with E-state index in [-0.39, 0.29) is 5.78 Å². The first-order valence-electron chi connectivity index (χ1n) is 8.62. The fourth-order valence-electron chi connectivity index (χ4n) is 3.24. The fourth-order valence-corrected chi connectivity index (χ4v) is 3.24. The lowest BCUT2D eigenvalue weighted by Gasteiger charge is -2.04. The zero-order chi connectivity index (χ0) is 19.0. The molecule has 0 unspecified atom stereocenters. The van der Waals surface area contributed by atoms with Crippen molar-refractivity contribution in [2.24, 2.45) is 14.1 Å². The largest absolute Gasteiger partial charge is 0.443 e. The van der Waals surface area contributed by atoms with Crippen LogP contribution in [-0.4, -0.2) is 19.9 Å². The third kappa shape index (κ3) is 3.29. The summed E-state index contributed by atoms with van der Waals surface area (Å²) < 4.78 is 9.13. The van der Waals surface area contributed by atoms with Crippen LogP contribution in [0, 0.1) is 0 Å². The smallest absolute Gasteiger partial charge is 0.242 e. The lowest BCUT2D eigenvalue weighted by molar-refractivity contribution is 0.0985. The molecule has 0 atom stereocenters. The predicted octanol–water partition coefficient (Wildman–Crippen LogP) is 3.69. The first kappa shape index (κ1) is 16.9. The number of carbonyl (C=O) groups excluding carboxylic acids is 1. The summed E-state index contributed by atoms with van der Waals surface area (Å²) in [4.78, 5) is 16.7. The summed E-state index contributed by atoms with van der Waals surface area (Å²) in [6.07, 6.45) is 7.32. The van der Waals surface area contributed by atoms with Crippen LogP contribution in [0.3, 0.4) is 0 Å². The number of anilines is 1. The van der Waals surface area contributed by atoms with Crippen LogP contribution in [0.5, 0.6) is 0 Å². The third-order valence-corrected chi connectivity index (χ3v) is 4.62. The van der Waals surface area contributed by atoms with Gasteiger partial charge in [0.1, 0.15) is 12.0 Å². The molecule has 4 rings (SSSR count). The van der Waals surface area contributed by atoms with Crippen LogP contribution in [0.15, 0.2) is 65.7 Å². The van der Waals surface area contributed by atoms with Gasteiger partial charge in [0, 0.05) is 38.5 Å². The zero-order valence-corrected chi connectivity index (χ0v) is 15.2. The van der Waals surface area contributed by atoms with Crippen molar-refractivity contribution in [3.8, 4) is 22.7 Å². The number of nitrogen functional groups attached to an aromatic ring is 1. The molecule has 0 spiro atoms. The van der Waals surface area contributed by atoms with Crippen molar-refractivity contribution in [3.63, 3.8) is 0 Å². The summed E-state index contributed by atoms with van der Waals surface area (Å²) in [5.74, 6) is 0.639. The Kier molecular flexibility index (Phi) is 4.16. The van der Waals surface area contributed by atoms with Gasteiger partial charge in [-0.1, -0.05) is 24.3 Å². The number of nitrogens with zero attached hydrogens (tertiary/aromatic N) is 3. The quantitative estimate of drug-likeness (QED) is 0.551. The second-order valence-electron chi connectivity index (χ2n) is 6.63.